The lowest BCUT2D eigenvalue weighted by Crippen LogP contribution is -2.25. The number of unbranched alkanes of at least 4 members (excludes halogenated alkanes) is 1. The number of rotatable bonds is 9. The summed E-state index contributed by atoms with van der Waals surface area (Å²) in [5.41, 5.74) is 1.49. The van der Waals surface area contributed by atoms with Gasteiger partial charge in [0.1, 0.15) is 5.75 Å². The number of hydrogen-bond donors (Lipinski definition) is 1. The van der Waals surface area contributed by atoms with E-state index in [0.717, 1.165) is 24.2 Å². The van der Waals surface area contributed by atoms with E-state index in [0.29, 0.717) is 36.9 Å². The quantitative estimate of drug-likeness (QED) is 0.582. The molecule has 0 saturated carbocycles. The van der Waals surface area contributed by atoms with E-state index in [1.54, 1.807) is 12.1 Å². The molecule has 0 aliphatic rings. The van der Waals surface area contributed by atoms with Crippen LogP contribution < -0.4 is 10.1 Å². The molecule has 0 spiro atoms. The van der Waals surface area contributed by atoms with E-state index >= 15 is 0 Å². The van der Waals surface area contributed by atoms with Crippen LogP contribution in [-0.2, 0) is 6.42 Å². The van der Waals surface area contributed by atoms with Gasteiger partial charge < -0.3 is 14.6 Å². The Bertz CT molecular complexity index is 845. The summed E-state index contributed by atoms with van der Waals surface area (Å²) in [6.45, 7) is 3.23. The summed E-state index contributed by atoms with van der Waals surface area (Å²) < 4.78 is 10.8. The van der Waals surface area contributed by atoms with Gasteiger partial charge in [-0.2, -0.15) is 4.98 Å². The molecule has 1 heterocycles. The van der Waals surface area contributed by atoms with Crippen LogP contribution >= 0.6 is 0 Å². The van der Waals surface area contributed by atoms with Gasteiger partial charge in [-0.25, -0.2) is 0 Å². The molecule has 0 atom stereocenters. The largest absolute Gasteiger partial charge is 0.494 e. The van der Waals surface area contributed by atoms with Gasteiger partial charge in [0.05, 0.1) is 6.61 Å². The fourth-order valence-corrected chi connectivity index (χ4v) is 2.48. The molecule has 0 unspecified atom stereocenters. The Labute approximate surface area is 158 Å². The Balaban J connectivity index is 1.46. The number of hydrogen-bond acceptors (Lipinski definition) is 5. The van der Waals surface area contributed by atoms with Crippen molar-refractivity contribution in [1.82, 2.24) is 15.5 Å². The molecule has 140 valence electrons. The normalized spacial score (nSPS) is 10.6. The van der Waals surface area contributed by atoms with Crippen LogP contribution in [0.1, 0.15) is 36.0 Å². The van der Waals surface area contributed by atoms with Gasteiger partial charge in [-0.1, -0.05) is 48.8 Å². The highest BCUT2D eigenvalue weighted by Crippen LogP contribution is 2.15. The van der Waals surface area contributed by atoms with Gasteiger partial charge in [-0.05, 0) is 30.7 Å². The molecule has 3 rings (SSSR count). The molecule has 0 radical (unpaired) electrons. The molecule has 27 heavy (non-hydrogen) atoms. The summed E-state index contributed by atoms with van der Waals surface area (Å²) in [4.78, 5) is 16.6. The summed E-state index contributed by atoms with van der Waals surface area (Å²) in [7, 11) is 0. The smallest absolute Gasteiger partial charge is 0.251 e. The SMILES string of the molecule is CCCCOc1ccc(C(=O)NCCc2nc(-c3ccccc3)no2)cc1. The lowest BCUT2D eigenvalue weighted by molar-refractivity contribution is 0.0953. The van der Waals surface area contributed by atoms with Crippen molar-refractivity contribution in [2.75, 3.05) is 13.2 Å². The number of carbonyl (C=O) groups is 1. The highest BCUT2D eigenvalue weighted by atomic mass is 16.5. The molecule has 6 heteroatoms. The van der Waals surface area contributed by atoms with Crippen molar-refractivity contribution in [3.63, 3.8) is 0 Å². The highest BCUT2D eigenvalue weighted by molar-refractivity contribution is 5.94. The van der Waals surface area contributed by atoms with E-state index in [2.05, 4.69) is 22.4 Å². The Morgan fingerprint density at radius 1 is 1.11 bits per heavy atom. The van der Waals surface area contributed by atoms with Gasteiger partial charge in [-0.3, -0.25) is 4.79 Å². The molecule has 0 aliphatic carbocycles. The van der Waals surface area contributed by atoms with Crippen molar-refractivity contribution < 1.29 is 14.1 Å². The Hall–Kier alpha value is -3.15. The molecule has 1 aromatic heterocycles. The number of ether oxygens (including phenoxy) is 1. The number of benzene rings is 2. The summed E-state index contributed by atoms with van der Waals surface area (Å²) in [6.07, 6.45) is 2.58. The maximum Gasteiger partial charge on any atom is 0.251 e. The van der Waals surface area contributed by atoms with Crippen molar-refractivity contribution >= 4 is 5.91 Å². The van der Waals surface area contributed by atoms with E-state index in [4.69, 9.17) is 9.26 Å². The first-order chi connectivity index (χ1) is 13.3. The van der Waals surface area contributed by atoms with Crippen molar-refractivity contribution in [1.29, 1.82) is 0 Å². The third kappa shape index (κ3) is 5.41. The summed E-state index contributed by atoms with van der Waals surface area (Å²) in [6, 6.07) is 16.8. The molecule has 1 amide bonds. The zero-order valence-corrected chi connectivity index (χ0v) is 15.4. The maximum absolute atomic E-state index is 12.2. The van der Waals surface area contributed by atoms with E-state index in [1.807, 2.05) is 42.5 Å². The maximum atomic E-state index is 12.2. The molecular formula is C21H23N3O3. The van der Waals surface area contributed by atoms with Crippen LogP contribution in [0.2, 0.25) is 0 Å². The lowest BCUT2D eigenvalue weighted by atomic mass is 10.2. The molecule has 6 nitrogen and oxygen atoms in total. The predicted octanol–water partition coefficient (Wildman–Crippen LogP) is 3.89. The number of aromatic nitrogens is 2. The van der Waals surface area contributed by atoms with Gasteiger partial charge in [-0.15, -0.1) is 0 Å². The first-order valence-corrected chi connectivity index (χ1v) is 9.15. The van der Waals surface area contributed by atoms with E-state index in [9.17, 15) is 4.79 Å². The number of carbonyl (C=O) groups excluding carboxylic acids is 1. The molecular weight excluding hydrogens is 342 g/mol. The highest BCUT2D eigenvalue weighted by Gasteiger charge is 2.10. The lowest BCUT2D eigenvalue weighted by Gasteiger charge is -2.07. The van der Waals surface area contributed by atoms with Crippen molar-refractivity contribution in [3.05, 3.63) is 66.1 Å². The van der Waals surface area contributed by atoms with E-state index < -0.39 is 0 Å². The summed E-state index contributed by atoms with van der Waals surface area (Å²) >= 11 is 0. The first kappa shape index (κ1) is 18.6. The monoisotopic (exact) mass is 365 g/mol. The van der Waals surface area contributed by atoms with E-state index in [1.165, 1.54) is 0 Å². The molecule has 0 aliphatic heterocycles. The van der Waals surface area contributed by atoms with Crippen LogP contribution in [0.3, 0.4) is 0 Å². The molecule has 1 N–H and O–H groups in total. The van der Waals surface area contributed by atoms with Gasteiger partial charge >= 0.3 is 0 Å². The van der Waals surface area contributed by atoms with Gasteiger partial charge in [0.15, 0.2) is 0 Å². The second-order valence-electron chi connectivity index (χ2n) is 6.11. The minimum Gasteiger partial charge on any atom is -0.494 e. The second kappa shape index (κ2) is 9.52. The Kier molecular flexibility index (Phi) is 6.57. The number of amides is 1. The van der Waals surface area contributed by atoms with Crippen molar-refractivity contribution in [3.8, 4) is 17.1 Å². The van der Waals surface area contributed by atoms with Crippen LogP contribution in [0.25, 0.3) is 11.4 Å². The van der Waals surface area contributed by atoms with Crippen LogP contribution in [0.4, 0.5) is 0 Å². The van der Waals surface area contributed by atoms with Crippen LogP contribution in [0.5, 0.6) is 5.75 Å². The fraction of sp³-hybridized carbons (Fsp3) is 0.286. The zero-order valence-electron chi connectivity index (χ0n) is 15.4. The van der Waals surface area contributed by atoms with Crippen LogP contribution in [0, 0.1) is 0 Å². The van der Waals surface area contributed by atoms with Gasteiger partial charge in [0, 0.05) is 24.1 Å². The Morgan fingerprint density at radius 2 is 1.89 bits per heavy atom. The Morgan fingerprint density at radius 3 is 2.63 bits per heavy atom. The van der Waals surface area contributed by atoms with Crippen molar-refractivity contribution in [2.24, 2.45) is 0 Å². The number of nitrogens with one attached hydrogen (secondary N) is 1. The summed E-state index contributed by atoms with van der Waals surface area (Å²) in [5, 5.41) is 6.83. The van der Waals surface area contributed by atoms with Crippen LogP contribution in [-0.4, -0.2) is 29.2 Å². The molecule has 0 fully saturated rings. The third-order valence-electron chi connectivity index (χ3n) is 4.01. The van der Waals surface area contributed by atoms with Crippen molar-refractivity contribution in [2.45, 2.75) is 26.2 Å². The van der Waals surface area contributed by atoms with Gasteiger partial charge in [0.2, 0.25) is 11.7 Å². The average Bonchev–Trinajstić information content (AvgIpc) is 3.18. The molecule has 0 bridgehead atoms. The average molecular weight is 365 g/mol. The molecule has 3 aromatic rings. The third-order valence-corrected chi connectivity index (χ3v) is 4.01. The van der Waals surface area contributed by atoms with Gasteiger partial charge in [0.25, 0.3) is 5.91 Å². The first-order valence-electron chi connectivity index (χ1n) is 9.15. The minimum absolute atomic E-state index is 0.141. The number of nitrogens with zero attached hydrogens (tertiary/aromatic N) is 2. The van der Waals surface area contributed by atoms with E-state index in [-0.39, 0.29) is 5.91 Å². The zero-order chi connectivity index (χ0) is 18.9. The summed E-state index contributed by atoms with van der Waals surface area (Å²) in [5.74, 6) is 1.68. The second-order valence-corrected chi connectivity index (χ2v) is 6.11. The van der Waals surface area contributed by atoms with Crippen LogP contribution in [0.15, 0.2) is 59.1 Å². The fourth-order valence-electron chi connectivity index (χ4n) is 2.48. The molecule has 0 saturated heterocycles. The predicted molar refractivity (Wildman–Crippen MR) is 103 cm³/mol. The minimum atomic E-state index is -0.141. The standard InChI is InChI=1S/C21H23N3O3/c1-2-3-15-26-18-11-9-17(10-12-18)21(25)22-14-13-19-23-20(24-27-19)16-7-5-4-6-8-16/h4-12H,2-3,13-15H2,1H3,(H,22,25). The molecule has 2 aromatic carbocycles. The topological polar surface area (TPSA) is 77.2 Å².